The lowest BCUT2D eigenvalue weighted by molar-refractivity contribution is 0.823. The van der Waals surface area contributed by atoms with Crippen molar-refractivity contribution in [3.63, 3.8) is 0 Å². The van der Waals surface area contributed by atoms with Crippen molar-refractivity contribution in [2.24, 2.45) is 0 Å². The molecule has 0 aromatic carbocycles. The highest BCUT2D eigenvalue weighted by Gasteiger charge is 2.10. The molecule has 0 bridgehead atoms. The summed E-state index contributed by atoms with van der Waals surface area (Å²) in [4.78, 5) is 14.2. The van der Waals surface area contributed by atoms with Crippen molar-refractivity contribution < 1.29 is 0 Å². The maximum atomic E-state index is 4.83. The number of nitrogens with zero attached hydrogens (tertiary/aromatic N) is 5. The summed E-state index contributed by atoms with van der Waals surface area (Å²) < 4.78 is 1.87. The SMILES string of the molecule is CC(C)=C/C=C\c1c(C)ccn2nc(CCc3ccc4nc(C)cc(C)c4n3)nc12. The first-order valence-electron chi connectivity index (χ1n) is 10.3. The zero-order chi connectivity index (χ0) is 21.3. The molecule has 4 rings (SSSR count). The van der Waals surface area contributed by atoms with Crippen molar-refractivity contribution >= 4 is 22.8 Å². The molecular weight excluding hydrogens is 370 g/mol. The first-order valence-corrected chi connectivity index (χ1v) is 10.3. The van der Waals surface area contributed by atoms with Crippen molar-refractivity contribution in [3.05, 3.63) is 82.1 Å². The summed E-state index contributed by atoms with van der Waals surface area (Å²) in [6.45, 7) is 10.4. The van der Waals surface area contributed by atoms with Crippen LogP contribution >= 0.6 is 0 Å². The molecule has 0 spiro atoms. The summed E-state index contributed by atoms with van der Waals surface area (Å²) in [6, 6.07) is 8.28. The predicted octanol–water partition coefficient (Wildman–Crippen LogP) is 5.36. The van der Waals surface area contributed by atoms with Crippen LogP contribution in [0.25, 0.3) is 22.8 Å². The number of rotatable bonds is 5. The smallest absolute Gasteiger partial charge is 0.163 e. The Kier molecular flexibility index (Phi) is 5.44. The van der Waals surface area contributed by atoms with Crippen LogP contribution in [0.1, 0.15) is 47.8 Å². The molecule has 0 aliphatic rings. The maximum absolute atomic E-state index is 4.83. The number of aromatic nitrogens is 5. The molecule has 152 valence electrons. The summed E-state index contributed by atoms with van der Waals surface area (Å²) in [5, 5.41) is 4.68. The monoisotopic (exact) mass is 397 g/mol. The molecule has 0 aliphatic carbocycles. The highest BCUT2D eigenvalue weighted by Crippen LogP contribution is 2.19. The molecule has 0 aliphatic heterocycles. The minimum atomic E-state index is 0.745. The van der Waals surface area contributed by atoms with Crippen LogP contribution < -0.4 is 0 Å². The van der Waals surface area contributed by atoms with E-state index in [1.165, 1.54) is 11.1 Å². The van der Waals surface area contributed by atoms with E-state index in [9.17, 15) is 0 Å². The van der Waals surface area contributed by atoms with Crippen LogP contribution in [-0.4, -0.2) is 24.6 Å². The molecule has 30 heavy (non-hydrogen) atoms. The van der Waals surface area contributed by atoms with Gasteiger partial charge in [-0.3, -0.25) is 9.97 Å². The number of allylic oxidation sites excluding steroid dienone is 3. The average Bonchev–Trinajstić information content (AvgIpc) is 3.11. The lowest BCUT2D eigenvalue weighted by Gasteiger charge is -2.05. The Morgan fingerprint density at radius 1 is 0.967 bits per heavy atom. The number of pyridine rings is 3. The van der Waals surface area contributed by atoms with E-state index in [2.05, 4.69) is 80.3 Å². The van der Waals surface area contributed by atoms with Gasteiger partial charge < -0.3 is 0 Å². The van der Waals surface area contributed by atoms with Crippen LogP contribution in [0.2, 0.25) is 0 Å². The van der Waals surface area contributed by atoms with Gasteiger partial charge in [0, 0.05) is 29.6 Å². The fourth-order valence-corrected chi connectivity index (χ4v) is 3.61. The Labute approximate surface area is 177 Å². The Bertz CT molecular complexity index is 1290. The Balaban J connectivity index is 1.59. The van der Waals surface area contributed by atoms with E-state index in [0.29, 0.717) is 0 Å². The van der Waals surface area contributed by atoms with Gasteiger partial charge in [0.2, 0.25) is 0 Å². The fraction of sp³-hybridized carbons (Fsp3) is 0.280. The molecule has 0 saturated carbocycles. The molecule has 4 aromatic heterocycles. The largest absolute Gasteiger partial charge is 0.251 e. The molecular formula is C25H27N5. The van der Waals surface area contributed by atoms with Crippen molar-refractivity contribution in [1.82, 2.24) is 24.6 Å². The van der Waals surface area contributed by atoms with E-state index in [-0.39, 0.29) is 0 Å². The molecule has 0 fully saturated rings. The highest BCUT2D eigenvalue weighted by atomic mass is 15.3. The number of hydrogen-bond acceptors (Lipinski definition) is 4. The second-order valence-corrected chi connectivity index (χ2v) is 8.06. The van der Waals surface area contributed by atoms with Crippen molar-refractivity contribution in [2.75, 3.05) is 0 Å². The van der Waals surface area contributed by atoms with Crippen molar-refractivity contribution in [1.29, 1.82) is 0 Å². The van der Waals surface area contributed by atoms with Gasteiger partial charge in [0.15, 0.2) is 11.5 Å². The predicted molar refractivity (Wildman–Crippen MR) is 123 cm³/mol. The van der Waals surface area contributed by atoms with Gasteiger partial charge in [-0.2, -0.15) is 5.10 Å². The third-order valence-electron chi connectivity index (χ3n) is 5.13. The quantitative estimate of drug-likeness (QED) is 0.425. The second-order valence-electron chi connectivity index (χ2n) is 8.06. The normalized spacial score (nSPS) is 11.6. The van der Waals surface area contributed by atoms with Gasteiger partial charge in [-0.05, 0) is 76.4 Å². The minimum absolute atomic E-state index is 0.745. The zero-order valence-electron chi connectivity index (χ0n) is 18.3. The molecule has 0 unspecified atom stereocenters. The van der Waals surface area contributed by atoms with Crippen LogP contribution in [0.15, 0.2) is 48.2 Å². The topological polar surface area (TPSA) is 56.0 Å². The number of aryl methyl sites for hydroxylation is 5. The molecule has 4 heterocycles. The molecule has 0 N–H and O–H groups in total. The van der Waals surface area contributed by atoms with E-state index < -0.39 is 0 Å². The molecule has 0 amide bonds. The zero-order valence-corrected chi connectivity index (χ0v) is 18.3. The molecule has 5 nitrogen and oxygen atoms in total. The minimum Gasteiger partial charge on any atom is -0.251 e. The standard InChI is InChI=1S/C25H27N5/c1-16(2)7-6-8-21-17(3)13-14-30-25(21)28-23(29-30)12-10-20-9-11-22-24(27-20)18(4)15-19(5)26-22/h6-9,11,13-15H,10,12H2,1-5H3/b8-6-. The molecule has 0 atom stereocenters. The van der Waals surface area contributed by atoms with Crippen LogP contribution in [-0.2, 0) is 12.8 Å². The summed E-state index contributed by atoms with van der Waals surface area (Å²) in [7, 11) is 0. The Morgan fingerprint density at radius 2 is 1.80 bits per heavy atom. The second kappa shape index (κ2) is 8.19. The number of fused-ring (bicyclic) bond motifs is 2. The van der Waals surface area contributed by atoms with Gasteiger partial charge in [0.25, 0.3) is 0 Å². The van der Waals surface area contributed by atoms with Gasteiger partial charge >= 0.3 is 0 Å². The summed E-state index contributed by atoms with van der Waals surface area (Å²) in [5.74, 6) is 0.832. The molecule has 4 aromatic rings. The summed E-state index contributed by atoms with van der Waals surface area (Å²) in [6.07, 6.45) is 9.80. The summed E-state index contributed by atoms with van der Waals surface area (Å²) in [5.41, 5.74) is 9.60. The molecule has 0 saturated heterocycles. The Hall–Kier alpha value is -3.34. The first kappa shape index (κ1) is 20.0. The molecule has 0 radical (unpaired) electrons. The van der Waals surface area contributed by atoms with Crippen molar-refractivity contribution in [2.45, 2.75) is 47.5 Å². The highest BCUT2D eigenvalue weighted by molar-refractivity contribution is 5.78. The van der Waals surface area contributed by atoms with Gasteiger partial charge in [0.1, 0.15) is 0 Å². The number of hydrogen-bond donors (Lipinski definition) is 0. The Morgan fingerprint density at radius 3 is 2.60 bits per heavy atom. The van der Waals surface area contributed by atoms with Crippen LogP contribution in [0.5, 0.6) is 0 Å². The lowest BCUT2D eigenvalue weighted by atomic mass is 10.1. The average molecular weight is 398 g/mol. The van der Waals surface area contributed by atoms with E-state index in [4.69, 9.17) is 9.97 Å². The summed E-state index contributed by atoms with van der Waals surface area (Å²) >= 11 is 0. The van der Waals surface area contributed by atoms with Crippen molar-refractivity contribution in [3.8, 4) is 0 Å². The first-order chi connectivity index (χ1) is 14.4. The fourth-order valence-electron chi connectivity index (χ4n) is 3.61. The van der Waals surface area contributed by atoms with Gasteiger partial charge in [0.05, 0.1) is 11.0 Å². The van der Waals surface area contributed by atoms with Gasteiger partial charge in [-0.1, -0.05) is 23.8 Å². The van der Waals surface area contributed by atoms with Gasteiger partial charge in [-0.25, -0.2) is 9.50 Å². The van der Waals surface area contributed by atoms with E-state index >= 15 is 0 Å². The van der Waals surface area contributed by atoms with Gasteiger partial charge in [-0.15, -0.1) is 0 Å². The third kappa shape index (κ3) is 4.15. The lowest BCUT2D eigenvalue weighted by Crippen LogP contribution is -1.99. The third-order valence-corrected chi connectivity index (χ3v) is 5.13. The molecule has 5 heteroatoms. The van der Waals surface area contributed by atoms with E-state index in [0.717, 1.165) is 57.9 Å². The maximum Gasteiger partial charge on any atom is 0.163 e. The van der Waals surface area contributed by atoms with Crippen LogP contribution in [0.3, 0.4) is 0 Å². The van der Waals surface area contributed by atoms with Crippen LogP contribution in [0, 0.1) is 20.8 Å². The van der Waals surface area contributed by atoms with E-state index in [1.54, 1.807) is 0 Å². The van der Waals surface area contributed by atoms with Crippen LogP contribution in [0.4, 0.5) is 0 Å². The van der Waals surface area contributed by atoms with E-state index in [1.807, 2.05) is 17.6 Å².